The molecule has 0 aromatic carbocycles. The lowest BCUT2D eigenvalue weighted by atomic mass is 10.5. The van der Waals surface area contributed by atoms with Crippen LogP contribution in [0, 0.1) is 0 Å². The van der Waals surface area contributed by atoms with Gasteiger partial charge in [0.2, 0.25) is 15.9 Å². The van der Waals surface area contributed by atoms with Crippen LogP contribution in [0.4, 0.5) is 5.82 Å². The average molecular weight is 286 g/mol. The molecule has 0 fully saturated rings. The molecule has 0 saturated heterocycles. The van der Waals surface area contributed by atoms with Gasteiger partial charge in [-0.1, -0.05) is 6.92 Å². The van der Waals surface area contributed by atoms with Gasteiger partial charge in [-0.25, -0.2) is 13.4 Å². The van der Waals surface area contributed by atoms with Gasteiger partial charge in [-0.2, -0.15) is 4.31 Å². The molecule has 0 unspecified atom stereocenters. The third-order valence-electron chi connectivity index (χ3n) is 2.46. The molecule has 0 saturated carbocycles. The molecule has 0 aliphatic rings. The van der Waals surface area contributed by atoms with Gasteiger partial charge in [-0.3, -0.25) is 4.79 Å². The summed E-state index contributed by atoms with van der Waals surface area (Å²) in [4.78, 5) is 15.2. The lowest BCUT2D eigenvalue weighted by Gasteiger charge is -2.20. The number of carbonyl (C=O) groups excluding carboxylic acids is 1. The first-order valence-corrected chi connectivity index (χ1v) is 7.34. The summed E-state index contributed by atoms with van der Waals surface area (Å²) in [5, 5.41) is 2.56. The number of amides is 1. The first-order valence-electron chi connectivity index (χ1n) is 5.90. The Morgan fingerprint density at radius 3 is 2.68 bits per heavy atom. The standard InChI is InChI=1S/C11H18N4O3S/c1-3-13-10(16)8-15(4-2)19(17,18)9-6-5-7-14-11(9)12/h5-7H,3-4,8H2,1-2H3,(H2,12,14)(H,13,16). The van der Waals surface area contributed by atoms with Crippen LogP contribution < -0.4 is 11.1 Å². The highest BCUT2D eigenvalue weighted by atomic mass is 32.2. The highest BCUT2D eigenvalue weighted by Crippen LogP contribution is 2.19. The molecule has 1 heterocycles. The molecule has 1 aromatic rings. The molecule has 1 amide bonds. The molecule has 0 aliphatic carbocycles. The topological polar surface area (TPSA) is 105 Å². The van der Waals surface area contributed by atoms with Gasteiger partial charge in [0.1, 0.15) is 10.7 Å². The molecule has 0 bridgehead atoms. The number of nitrogens with zero attached hydrogens (tertiary/aromatic N) is 2. The van der Waals surface area contributed by atoms with Gasteiger partial charge in [0.25, 0.3) is 0 Å². The van der Waals surface area contributed by atoms with Gasteiger partial charge >= 0.3 is 0 Å². The fourth-order valence-electron chi connectivity index (χ4n) is 1.54. The molecule has 3 N–H and O–H groups in total. The Bertz CT molecular complexity index is 545. The number of anilines is 1. The van der Waals surface area contributed by atoms with Crippen molar-refractivity contribution in [2.45, 2.75) is 18.7 Å². The SMILES string of the molecule is CCNC(=O)CN(CC)S(=O)(=O)c1cccnc1N. The van der Waals surface area contributed by atoms with Crippen molar-refractivity contribution in [2.75, 3.05) is 25.4 Å². The Morgan fingerprint density at radius 2 is 2.16 bits per heavy atom. The first kappa shape index (κ1) is 15.4. The minimum Gasteiger partial charge on any atom is -0.383 e. The molecule has 1 rings (SSSR count). The Morgan fingerprint density at radius 1 is 1.47 bits per heavy atom. The number of nitrogens with two attached hydrogens (primary N) is 1. The predicted octanol–water partition coefficient (Wildman–Crippen LogP) is -0.189. The van der Waals surface area contributed by atoms with Crippen molar-refractivity contribution in [3.05, 3.63) is 18.3 Å². The summed E-state index contributed by atoms with van der Waals surface area (Å²) in [5.41, 5.74) is 5.57. The van der Waals surface area contributed by atoms with Crippen molar-refractivity contribution in [1.29, 1.82) is 0 Å². The van der Waals surface area contributed by atoms with E-state index >= 15 is 0 Å². The monoisotopic (exact) mass is 286 g/mol. The lowest BCUT2D eigenvalue weighted by Crippen LogP contribution is -2.40. The number of sulfonamides is 1. The van der Waals surface area contributed by atoms with Crippen LogP contribution in [0.5, 0.6) is 0 Å². The van der Waals surface area contributed by atoms with Gasteiger partial charge in [-0.05, 0) is 19.1 Å². The number of hydrogen-bond acceptors (Lipinski definition) is 5. The van der Waals surface area contributed by atoms with Crippen LogP contribution >= 0.6 is 0 Å². The Balaban J connectivity index is 3.03. The molecule has 0 atom stereocenters. The van der Waals surface area contributed by atoms with Crippen molar-refractivity contribution in [3.8, 4) is 0 Å². The molecular formula is C11H18N4O3S. The van der Waals surface area contributed by atoms with Crippen molar-refractivity contribution in [2.24, 2.45) is 0 Å². The molecule has 7 nitrogen and oxygen atoms in total. The van der Waals surface area contributed by atoms with Crippen molar-refractivity contribution < 1.29 is 13.2 Å². The zero-order chi connectivity index (χ0) is 14.5. The zero-order valence-corrected chi connectivity index (χ0v) is 11.8. The molecule has 8 heteroatoms. The second kappa shape index (κ2) is 6.48. The first-order chi connectivity index (χ1) is 8.93. The van der Waals surface area contributed by atoms with E-state index in [4.69, 9.17) is 5.73 Å². The molecule has 0 aliphatic heterocycles. The quantitative estimate of drug-likeness (QED) is 0.754. The van der Waals surface area contributed by atoms with Crippen LogP contribution in [0.25, 0.3) is 0 Å². The number of hydrogen-bond donors (Lipinski definition) is 2. The fraction of sp³-hybridized carbons (Fsp3) is 0.455. The number of carbonyl (C=O) groups is 1. The number of nitrogen functional groups attached to an aromatic ring is 1. The maximum atomic E-state index is 12.3. The molecule has 0 spiro atoms. The average Bonchev–Trinajstić information content (AvgIpc) is 2.36. The summed E-state index contributed by atoms with van der Waals surface area (Å²) in [6.07, 6.45) is 1.41. The van der Waals surface area contributed by atoms with Crippen LogP contribution in [-0.4, -0.2) is 43.2 Å². The summed E-state index contributed by atoms with van der Waals surface area (Å²) in [7, 11) is -3.81. The van der Waals surface area contributed by atoms with E-state index in [2.05, 4.69) is 10.3 Å². The van der Waals surface area contributed by atoms with Gasteiger partial charge in [0, 0.05) is 19.3 Å². The molecule has 106 valence electrons. The smallest absolute Gasteiger partial charge is 0.247 e. The van der Waals surface area contributed by atoms with Crippen molar-refractivity contribution >= 4 is 21.7 Å². The lowest BCUT2D eigenvalue weighted by molar-refractivity contribution is -0.121. The van der Waals surface area contributed by atoms with E-state index in [-0.39, 0.29) is 29.7 Å². The summed E-state index contributed by atoms with van der Waals surface area (Å²) in [6, 6.07) is 2.86. The van der Waals surface area contributed by atoms with E-state index in [0.717, 1.165) is 4.31 Å². The predicted molar refractivity (Wildman–Crippen MR) is 71.8 cm³/mol. The molecule has 19 heavy (non-hydrogen) atoms. The van der Waals surface area contributed by atoms with Crippen molar-refractivity contribution in [3.63, 3.8) is 0 Å². The Kier molecular flexibility index (Phi) is 5.25. The highest BCUT2D eigenvalue weighted by molar-refractivity contribution is 7.89. The normalized spacial score (nSPS) is 11.5. The van der Waals surface area contributed by atoms with E-state index in [0.29, 0.717) is 6.54 Å². The third-order valence-corrected chi connectivity index (χ3v) is 4.43. The number of likely N-dealkylation sites (N-methyl/N-ethyl adjacent to an activating group) is 2. The zero-order valence-electron chi connectivity index (χ0n) is 11.0. The van der Waals surface area contributed by atoms with E-state index in [1.165, 1.54) is 18.3 Å². The van der Waals surface area contributed by atoms with Gasteiger partial charge in [0.15, 0.2) is 0 Å². The number of rotatable bonds is 6. The van der Waals surface area contributed by atoms with E-state index in [1.54, 1.807) is 13.8 Å². The molecular weight excluding hydrogens is 268 g/mol. The molecule has 0 radical (unpaired) electrons. The minimum absolute atomic E-state index is 0.0724. The van der Waals surface area contributed by atoms with Crippen LogP contribution in [0.2, 0.25) is 0 Å². The van der Waals surface area contributed by atoms with E-state index in [9.17, 15) is 13.2 Å². The van der Waals surface area contributed by atoms with E-state index < -0.39 is 10.0 Å². The number of aromatic nitrogens is 1. The van der Waals surface area contributed by atoms with Crippen LogP contribution in [-0.2, 0) is 14.8 Å². The summed E-state index contributed by atoms with van der Waals surface area (Å²) in [5.74, 6) is -0.424. The van der Waals surface area contributed by atoms with Crippen molar-refractivity contribution in [1.82, 2.24) is 14.6 Å². The second-order valence-corrected chi connectivity index (χ2v) is 5.68. The largest absolute Gasteiger partial charge is 0.383 e. The van der Waals surface area contributed by atoms with Gasteiger partial charge in [0.05, 0.1) is 6.54 Å². The minimum atomic E-state index is -3.81. The summed E-state index contributed by atoms with van der Waals surface area (Å²) < 4.78 is 25.8. The van der Waals surface area contributed by atoms with Crippen LogP contribution in [0.3, 0.4) is 0 Å². The highest BCUT2D eigenvalue weighted by Gasteiger charge is 2.27. The second-order valence-electron chi connectivity index (χ2n) is 3.77. The van der Waals surface area contributed by atoms with Gasteiger partial charge in [-0.15, -0.1) is 0 Å². The summed E-state index contributed by atoms with van der Waals surface area (Å²) >= 11 is 0. The molecule has 1 aromatic heterocycles. The Labute approximate surface area is 112 Å². The number of nitrogens with one attached hydrogen (secondary N) is 1. The number of pyridine rings is 1. The maximum absolute atomic E-state index is 12.3. The third kappa shape index (κ3) is 3.65. The summed E-state index contributed by atoms with van der Waals surface area (Å²) in [6.45, 7) is 3.81. The van der Waals surface area contributed by atoms with Crippen LogP contribution in [0.1, 0.15) is 13.8 Å². The van der Waals surface area contributed by atoms with E-state index in [1.807, 2.05) is 0 Å². The maximum Gasteiger partial charge on any atom is 0.247 e. The van der Waals surface area contributed by atoms with Gasteiger partial charge < -0.3 is 11.1 Å². The van der Waals surface area contributed by atoms with Crippen LogP contribution in [0.15, 0.2) is 23.2 Å². The fourth-order valence-corrected chi connectivity index (χ4v) is 3.01. The Hall–Kier alpha value is -1.67.